The maximum atomic E-state index is 6.04. The van der Waals surface area contributed by atoms with Gasteiger partial charge >= 0.3 is 0 Å². The zero-order valence-electron chi connectivity index (χ0n) is 12.0. The normalized spacial score (nSPS) is 11.0. The number of nitrogens with zero attached hydrogens (tertiary/aromatic N) is 2. The third-order valence-electron chi connectivity index (χ3n) is 3.12. The van der Waals surface area contributed by atoms with Gasteiger partial charge < -0.3 is 10.5 Å². The van der Waals surface area contributed by atoms with Crippen molar-refractivity contribution in [2.45, 2.75) is 40.2 Å². The number of aryl methyl sites for hydroxylation is 2. The van der Waals surface area contributed by atoms with Crippen LogP contribution in [-0.4, -0.2) is 9.78 Å². The molecule has 0 aliphatic carbocycles. The lowest BCUT2D eigenvalue weighted by Gasteiger charge is -2.12. The molecule has 2 N–H and O–H groups in total. The van der Waals surface area contributed by atoms with Crippen LogP contribution in [0.15, 0.2) is 24.3 Å². The van der Waals surface area contributed by atoms with E-state index in [0.717, 1.165) is 17.9 Å². The quantitative estimate of drug-likeness (QED) is 0.910. The van der Waals surface area contributed by atoms with Crippen LogP contribution < -0.4 is 10.5 Å². The minimum atomic E-state index is 0.209. The van der Waals surface area contributed by atoms with Crippen molar-refractivity contribution in [1.29, 1.82) is 0 Å². The fourth-order valence-electron chi connectivity index (χ4n) is 1.90. The first-order valence-corrected chi connectivity index (χ1v) is 6.64. The molecule has 0 spiro atoms. The first-order valence-electron chi connectivity index (χ1n) is 6.64. The van der Waals surface area contributed by atoms with Gasteiger partial charge in [0.1, 0.15) is 11.4 Å². The van der Waals surface area contributed by atoms with Crippen molar-refractivity contribution >= 4 is 5.69 Å². The van der Waals surface area contributed by atoms with Crippen molar-refractivity contribution in [3.05, 3.63) is 35.5 Å². The Morgan fingerprint density at radius 3 is 2.42 bits per heavy atom. The third kappa shape index (κ3) is 2.72. The Bertz CT molecular complexity index is 556. The predicted molar refractivity (Wildman–Crippen MR) is 77.7 cm³/mol. The molecule has 0 aliphatic heterocycles. The highest BCUT2D eigenvalue weighted by atomic mass is 16.5. The summed E-state index contributed by atoms with van der Waals surface area (Å²) in [4.78, 5) is 0. The lowest BCUT2D eigenvalue weighted by molar-refractivity contribution is 0.389. The van der Waals surface area contributed by atoms with Crippen molar-refractivity contribution < 1.29 is 4.74 Å². The van der Waals surface area contributed by atoms with E-state index in [9.17, 15) is 0 Å². The first kappa shape index (κ1) is 13.5. The highest BCUT2D eigenvalue weighted by Crippen LogP contribution is 2.32. The molecule has 102 valence electrons. The van der Waals surface area contributed by atoms with E-state index in [1.165, 1.54) is 5.56 Å². The van der Waals surface area contributed by atoms with E-state index in [0.29, 0.717) is 11.6 Å². The summed E-state index contributed by atoms with van der Waals surface area (Å²) in [5.41, 5.74) is 8.73. The Balaban J connectivity index is 2.31. The fraction of sp³-hybridized carbons (Fsp3) is 0.400. The Labute approximate surface area is 114 Å². The summed E-state index contributed by atoms with van der Waals surface area (Å²) < 4.78 is 7.72. The summed E-state index contributed by atoms with van der Waals surface area (Å²) in [6, 6.07) is 8.26. The maximum absolute atomic E-state index is 6.04. The second-order valence-electron chi connectivity index (χ2n) is 4.94. The smallest absolute Gasteiger partial charge is 0.241 e. The van der Waals surface area contributed by atoms with Crippen LogP contribution in [0.2, 0.25) is 0 Å². The van der Waals surface area contributed by atoms with Crippen molar-refractivity contribution in [1.82, 2.24) is 9.78 Å². The number of rotatable bonds is 4. The lowest BCUT2D eigenvalue weighted by Crippen LogP contribution is -2.05. The molecule has 0 atom stereocenters. The molecule has 0 radical (unpaired) electrons. The maximum Gasteiger partial charge on any atom is 0.241 e. The molecule has 4 heteroatoms. The van der Waals surface area contributed by atoms with Gasteiger partial charge in [-0.3, -0.25) is 0 Å². The van der Waals surface area contributed by atoms with Crippen LogP contribution in [0.5, 0.6) is 11.6 Å². The molecule has 0 amide bonds. The average Bonchev–Trinajstić information content (AvgIpc) is 2.68. The highest BCUT2D eigenvalue weighted by molar-refractivity contribution is 5.54. The van der Waals surface area contributed by atoms with Crippen LogP contribution >= 0.6 is 0 Å². The van der Waals surface area contributed by atoms with Crippen LogP contribution in [-0.2, 0) is 6.42 Å². The number of anilines is 1. The number of hydrogen-bond acceptors (Lipinski definition) is 3. The predicted octanol–water partition coefficient (Wildman–Crippen LogP) is 3.71. The molecule has 2 aromatic rings. The van der Waals surface area contributed by atoms with Crippen molar-refractivity contribution in [3.8, 4) is 11.6 Å². The zero-order valence-corrected chi connectivity index (χ0v) is 12.0. The fourth-order valence-corrected chi connectivity index (χ4v) is 1.90. The van der Waals surface area contributed by atoms with Gasteiger partial charge in [0, 0.05) is 0 Å². The number of nitrogen functional groups attached to an aromatic ring is 1. The van der Waals surface area contributed by atoms with E-state index in [2.05, 4.69) is 38.0 Å². The van der Waals surface area contributed by atoms with Crippen LogP contribution in [0.4, 0.5) is 5.69 Å². The van der Waals surface area contributed by atoms with Crippen molar-refractivity contribution in [3.63, 3.8) is 0 Å². The topological polar surface area (TPSA) is 53.1 Å². The molecule has 4 nitrogen and oxygen atoms in total. The van der Waals surface area contributed by atoms with Crippen LogP contribution in [0.1, 0.15) is 38.1 Å². The number of ether oxygens (including phenoxy) is 1. The van der Waals surface area contributed by atoms with Crippen LogP contribution in [0.3, 0.4) is 0 Å². The molecule has 2 rings (SSSR count). The molecule has 0 unspecified atom stereocenters. The second-order valence-corrected chi connectivity index (χ2v) is 4.94. The van der Waals surface area contributed by atoms with E-state index in [4.69, 9.17) is 10.5 Å². The van der Waals surface area contributed by atoms with Gasteiger partial charge in [-0.25, -0.2) is 4.68 Å². The van der Waals surface area contributed by atoms with E-state index in [-0.39, 0.29) is 6.04 Å². The summed E-state index contributed by atoms with van der Waals surface area (Å²) in [5.74, 6) is 1.41. The highest BCUT2D eigenvalue weighted by Gasteiger charge is 2.16. The molecule has 0 saturated carbocycles. The van der Waals surface area contributed by atoms with Gasteiger partial charge in [-0.1, -0.05) is 19.1 Å². The summed E-state index contributed by atoms with van der Waals surface area (Å²) in [5, 5.41) is 4.41. The Morgan fingerprint density at radius 2 is 1.89 bits per heavy atom. The van der Waals surface area contributed by atoms with Gasteiger partial charge in [0.05, 0.1) is 11.7 Å². The van der Waals surface area contributed by atoms with Crippen LogP contribution in [0.25, 0.3) is 0 Å². The van der Waals surface area contributed by atoms with Gasteiger partial charge in [-0.15, -0.1) is 0 Å². The monoisotopic (exact) mass is 259 g/mol. The first-order chi connectivity index (χ1) is 9.02. The summed E-state index contributed by atoms with van der Waals surface area (Å²) in [7, 11) is 0. The minimum Gasteiger partial charge on any atom is -0.437 e. The van der Waals surface area contributed by atoms with Gasteiger partial charge in [0.25, 0.3) is 0 Å². The molecule has 1 aromatic carbocycles. The van der Waals surface area contributed by atoms with Gasteiger partial charge in [-0.2, -0.15) is 5.10 Å². The van der Waals surface area contributed by atoms with E-state index in [1.807, 2.05) is 23.7 Å². The number of hydrogen-bond donors (Lipinski definition) is 1. The molecular formula is C15H21N3O. The molecule has 0 bridgehead atoms. The largest absolute Gasteiger partial charge is 0.437 e. The van der Waals surface area contributed by atoms with Gasteiger partial charge in [-0.05, 0) is 44.9 Å². The summed E-state index contributed by atoms with van der Waals surface area (Å²) in [6.07, 6.45) is 1.02. The second kappa shape index (κ2) is 5.34. The van der Waals surface area contributed by atoms with Gasteiger partial charge in [0.2, 0.25) is 5.88 Å². The Hall–Kier alpha value is -1.97. The third-order valence-corrected chi connectivity index (χ3v) is 3.12. The SMILES string of the molecule is CCc1ccc(Oc2c(N)c(C)nn2C(C)C)cc1. The summed E-state index contributed by atoms with van der Waals surface area (Å²) >= 11 is 0. The van der Waals surface area contributed by atoms with E-state index < -0.39 is 0 Å². The Kier molecular flexibility index (Phi) is 3.79. The van der Waals surface area contributed by atoms with Crippen molar-refractivity contribution in [2.24, 2.45) is 0 Å². The van der Waals surface area contributed by atoms with Gasteiger partial charge in [0.15, 0.2) is 0 Å². The Morgan fingerprint density at radius 1 is 1.26 bits per heavy atom. The summed E-state index contributed by atoms with van der Waals surface area (Å²) in [6.45, 7) is 8.13. The average molecular weight is 259 g/mol. The molecular weight excluding hydrogens is 238 g/mol. The number of aromatic nitrogens is 2. The van der Waals surface area contributed by atoms with E-state index >= 15 is 0 Å². The minimum absolute atomic E-state index is 0.209. The molecule has 0 aliphatic rings. The molecule has 19 heavy (non-hydrogen) atoms. The number of nitrogens with two attached hydrogens (primary N) is 1. The molecule has 1 heterocycles. The number of benzene rings is 1. The lowest BCUT2D eigenvalue weighted by atomic mass is 10.2. The zero-order chi connectivity index (χ0) is 14.0. The van der Waals surface area contributed by atoms with Crippen LogP contribution in [0, 0.1) is 6.92 Å². The standard InChI is InChI=1S/C15H21N3O/c1-5-12-6-8-13(9-7-12)19-15-14(16)11(4)17-18(15)10(2)3/h6-10H,5,16H2,1-4H3. The molecule has 1 aromatic heterocycles. The molecule has 0 fully saturated rings. The van der Waals surface area contributed by atoms with E-state index in [1.54, 1.807) is 0 Å². The van der Waals surface area contributed by atoms with Crippen molar-refractivity contribution in [2.75, 3.05) is 5.73 Å². The molecule has 0 saturated heterocycles.